The van der Waals surface area contributed by atoms with E-state index >= 15 is 0 Å². The molecule has 1 aliphatic rings. The van der Waals surface area contributed by atoms with E-state index in [1.807, 2.05) is 6.07 Å². The largest absolute Gasteiger partial charge is 0.387 e. The number of rotatable bonds is 6. The summed E-state index contributed by atoms with van der Waals surface area (Å²) in [5.41, 5.74) is 1.60. The van der Waals surface area contributed by atoms with Crippen LogP contribution < -0.4 is 0 Å². The van der Waals surface area contributed by atoms with Crippen molar-refractivity contribution >= 4 is 0 Å². The Kier molecular flexibility index (Phi) is 3.80. The van der Waals surface area contributed by atoms with Gasteiger partial charge in [0.25, 0.3) is 0 Å². The monoisotopic (exact) mass is 276 g/mol. The predicted octanol–water partition coefficient (Wildman–Crippen LogP) is 2.51. The van der Waals surface area contributed by atoms with Crippen LogP contribution in [0, 0.1) is 5.82 Å². The minimum atomic E-state index is -0.622. The van der Waals surface area contributed by atoms with Crippen LogP contribution in [0.1, 0.15) is 30.2 Å². The molecule has 2 aromatic rings. The number of aliphatic hydroxyl groups is 1. The Labute approximate surface area is 116 Å². The van der Waals surface area contributed by atoms with Crippen molar-refractivity contribution in [2.45, 2.75) is 31.5 Å². The van der Waals surface area contributed by atoms with Gasteiger partial charge in [0.2, 0.25) is 0 Å². The third-order valence-electron chi connectivity index (χ3n) is 3.58. The molecule has 1 saturated carbocycles. The van der Waals surface area contributed by atoms with Gasteiger partial charge in [-0.05, 0) is 30.5 Å². The van der Waals surface area contributed by atoms with Gasteiger partial charge in [-0.15, -0.1) is 0 Å². The molecule has 0 aliphatic heterocycles. The Bertz CT molecular complexity index is 538. The molecular formula is C15H17FN2O2. The zero-order chi connectivity index (χ0) is 13.9. The molecule has 1 aromatic carbocycles. The third kappa shape index (κ3) is 3.23. The number of halogens is 1. The Morgan fingerprint density at radius 2 is 2.05 bits per heavy atom. The molecule has 0 saturated heterocycles. The zero-order valence-electron chi connectivity index (χ0n) is 11.1. The minimum Gasteiger partial charge on any atom is -0.387 e. The summed E-state index contributed by atoms with van der Waals surface area (Å²) in [6.07, 6.45) is 3.22. The highest BCUT2D eigenvalue weighted by atomic mass is 19.1. The first-order valence-corrected chi connectivity index (χ1v) is 6.79. The normalized spacial score (nSPS) is 16.6. The molecule has 1 fully saturated rings. The lowest BCUT2D eigenvalue weighted by atomic mass is 10.1. The first-order valence-electron chi connectivity index (χ1n) is 6.79. The fourth-order valence-electron chi connectivity index (χ4n) is 2.32. The highest BCUT2D eigenvalue weighted by molar-refractivity contribution is 5.19. The lowest BCUT2D eigenvalue weighted by Gasteiger charge is -2.24. The summed E-state index contributed by atoms with van der Waals surface area (Å²) in [7, 11) is 0. The van der Waals surface area contributed by atoms with Crippen molar-refractivity contribution in [3.63, 3.8) is 0 Å². The maximum absolute atomic E-state index is 12.9. The average Bonchev–Trinajstić information content (AvgIpc) is 3.17. The summed E-state index contributed by atoms with van der Waals surface area (Å²) in [4.78, 5) is 2.20. The van der Waals surface area contributed by atoms with Gasteiger partial charge in [-0.3, -0.25) is 4.90 Å². The van der Waals surface area contributed by atoms with Gasteiger partial charge in [0.15, 0.2) is 0 Å². The molecule has 106 valence electrons. The molecule has 1 N–H and O–H groups in total. The number of hydrogen-bond acceptors (Lipinski definition) is 4. The van der Waals surface area contributed by atoms with Gasteiger partial charge in [0, 0.05) is 25.2 Å². The lowest BCUT2D eigenvalue weighted by Crippen LogP contribution is -2.30. The van der Waals surface area contributed by atoms with Crippen molar-refractivity contribution in [2.24, 2.45) is 0 Å². The standard InChI is InChI=1S/C15H17FN2O2/c16-12-3-1-11(2-4-12)15(19)10-18(14-5-6-14)9-13-7-8-20-17-13/h1-4,7-8,14-15,19H,5-6,9-10H2. The van der Waals surface area contributed by atoms with Gasteiger partial charge in [-0.25, -0.2) is 4.39 Å². The van der Waals surface area contributed by atoms with Crippen molar-refractivity contribution in [3.05, 3.63) is 53.7 Å². The lowest BCUT2D eigenvalue weighted by molar-refractivity contribution is 0.103. The van der Waals surface area contributed by atoms with Gasteiger partial charge in [-0.1, -0.05) is 17.3 Å². The first-order chi connectivity index (χ1) is 9.72. The summed E-state index contributed by atoms with van der Waals surface area (Å²) in [5, 5.41) is 14.2. The molecule has 5 heteroatoms. The number of aromatic nitrogens is 1. The van der Waals surface area contributed by atoms with Gasteiger partial charge in [0.1, 0.15) is 12.1 Å². The summed E-state index contributed by atoms with van der Waals surface area (Å²) < 4.78 is 17.7. The second-order valence-corrected chi connectivity index (χ2v) is 5.22. The van der Waals surface area contributed by atoms with Crippen molar-refractivity contribution < 1.29 is 14.0 Å². The maximum atomic E-state index is 12.9. The number of hydrogen-bond donors (Lipinski definition) is 1. The molecule has 0 bridgehead atoms. The highest BCUT2D eigenvalue weighted by Gasteiger charge is 2.31. The molecule has 1 aliphatic carbocycles. The molecule has 0 radical (unpaired) electrons. The van der Waals surface area contributed by atoms with Crippen molar-refractivity contribution in [3.8, 4) is 0 Å². The first kappa shape index (κ1) is 13.3. The van der Waals surface area contributed by atoms with Gasteiger partial charge in [-0.2, -0.15) is 0 Å². The van der Waals surface area contributed by atoms with Crippen LogP contribution in [0.4, 0.5) is 4.39 Å². The van der Waals surface area contributed by atoms with Crippen LogP contribution in [-0.2, 0) is 6.54 Å². The van der Waals surface area contributed by atoms with E-state index in [4.69, 9.17) is 4.52 Å². The van der Waals surface area contributed by atoms with E-state index in [2.05, 4.69) is 10.1 Å². The second kappa shape index (κ2) is 5.73. The van der Waals surface area contributed by atoms with Crippen LogP contribution in [0.25, 0.3) is 0 Å². The molecule has 1 aromatic heterocycles. The Morgan fingerprint density at radius 1 is 1.30 bits per heavy atom. The molecule has 1 unspecified atom stereocenters. The predicted molar refractivity (Wildman–Crippen MR) is 71.3 cm³/mol. The topological polar surface area (TPSA) is 49.5 Å². The van der Waals surface area contributed by atoms with Gasteiger partial charge < -0.3 is 9.63 Å². The summed E-state index contributed by atoms with van der Waals surface area (Å²) >= 11 is 0. The summed E-state index contributed by atoms with van der Waals surface area (Å²) in [6, 6.07) is 8.33. The Hall–Kier alpha value is -1.72. The molecule has 20 heavy (non-hydrogen) atoms. The molecular weight excluding hydrogens is 259 g/mol. The van der Waals surface area contributed by atoms with Crippen LogP contribution in [0.3, 0.4) is 0 Å². The quantitative estimate of drug-likeness (QED) is 0.880. The van der Waals surface area contributed by atoms with E-state index in [0.717, 1.165) is 24.1 Å². The second-order valence-electron chi connectivity index (χ2n) is 5.22. The van der Waals surface area contributed by atoms with Crippen LogP contribution in [0.5, 0.6) is 0 Å². The average molecular weight is 276 g/mol. The van der Waals surface area contributed by atoms with Crippen LogP contribution in [0.15, 0.2) is 41.1 Å². The van der Waals surface area contributed by atoms with Gasteiger partial charge >= 0.3 is 0 Å². The Morgan fingerprint density at radius 3 is 2.65 bits per heavy atom. The van der Waals surface area contributed by atoms with Crippen LogP contribution in [-0.4, -0.2) is 27.7 Å². The number of aliphatic hydroxyl groups excluding tert-OH is 1. The Balaban J connectivity index is 1.65. The van der Waals surface area contributed by atoms with E-state index in [9.17, 15) is 9.50 Å². The maximum Gasteiger partial charge on any atom is 0.124 e. The minimum absolute atomic E-state index is 0.289. The SMILES string of the molecule is OC(CN(Cc1ccon1)C1CC1)c1ccc(F)cc1. The zero-order valence-corrected chi connectivity index (χ0v) is 11.1. The number of nitrogens with zero attached hydrogens (tertiary/aromatic N) is 2. The number of benzene rings is 1. The smallest absolute Gasteiger partial charge is 0.124 e. The van der Waals surface area contributed by atoms with E-state index < -0.39 is 6.10 Å². The van der Waals surface area contributed by atoms with E-state index in [-0.39, 0.29) is 5.82 Å². The van der Waals surface area contributed by atoms with Gasteiger partial charge in [0.05, 0.1) is 11.8 Å². The van der Waals surface area contributed by atoms with E-state index in [1.165, 1.54) is 12.1 Å². The van der Waals surface area contributed by atoms with Crippen LogP contribution in [0.2, 0.25) is 0 Å². The van der Waals surface area contributed by atoms with E-state index in [1.54, 1.807) is 18.4 Å². The van der Waals surface area contributed by atoms with E-state index in [0.29, 0.717) is 19.1 Å². The molecule has 4 nitrogen and oxygen atoms in total. The fourth-order valence-corrected chi connectivity index (χ4v) is 2.32. The molecule has 3 rings (SSSR count). The van der Waals surface area contributed by atoms with Crippen molar-refractivity contribution in [1.82, 2.24) is 10.1 Å². The fraction of sp³-hybridized carbons (Fsp3) is 0.400. The third-order valence-corrected chi connectivity index (χ3v) is 3.58. The van der Waals surface area contributed by atoms with Crippen molar-refractivity contribution in [2.75, 3.05) is 6.54 Å². The highest BCUT2D eigenvalue weighted by Crippen LogP contribution is 2.30. The van der Waals surface area contributed by atoms with Crippen LogP contribution >= 0.6 is 0 Å². The molecule has 1 heterocycles. The molecule has 0 spiro atoms. The summed E-state index contributed by atoms with van der Waals surface area (Å²) in [5.74, 6) is -0.289. The summed E-state index contributed by atoms with van der Waals surface area (Å²) in [6.45, 7) is 1.18. The molecule has 1 atom stereocenters. The molecule has 0 amide bonds. The van der Waals surface area contributed by atoms with Crippen molar-refractivity contribution in [1.29, 1.82) is 0 Å².